The van der Waals surface area contributed by atoms with Crippen molar-refractivity contribution >= 4 is 5.69 Å². The van der Waals surface area contributed by atoms with Crippen molar-refractivity contribution in [2.45, 2.75) is 6.92 Å². The first kappa shape index (κ1) is 10.3. The zero-order chi connectivity index (χ0) is 11.7. The van der Waals surface area contributed by atoms with Crippen LogP contribution in [0.2, 0.25) is 0 Å². The van der Waals surface area contributed by atoms with Crippen molar-refractivity contribution in [3.05, 3.63) is 45.9 Å². The van der Waals surface area contributed by atoms with E-state index in [0.29, 0.717) is 11.3 Å². The maximum atomic E-state index is 12.7. The third kappa shape index (κ3) is 1.65. The summed E-state index contributed by atoms with van der Waals surface area (Å²) in [6.07, 6.45) is 0. The van der Waals surface area contributed by atoms with E-state index in [4.69, 9.17) is 0 Å². The molecule has 1 aromatic carbocycles. The van der Waals surface area contributed by atoms with E-state index in [-0.39, 0.29) is 11.4 Å². The molecule has 1 aromatic heterocycles. The van der Waals surface area contributed by atoms with E-state index in [2.05, 4.69) is 10.2 Å². The fourth-order valence-electron chi connectivity index (χ4n) is 1.46. The Morgan fingerprint density at radius 2 is 2.00 bits per heavy atom. The van der Waals surface area contributed by atoms with Gasteiger partial charge in [-0.15, -0.1) is 0 Å². The molecule has 2 rings (SSSR count). The third-order valence-electron chi connectivity index (χ3n) is 2.22. The summed E-state index contributed by atoms with van der Waals surface area (Å²) in [4.78, 5) is 10.3. The third-order valence-corrected chi connectivity index (χ3v) is 2.22. The van der Waals surface area contributed by atoms with E-state index in [0.717, 1.165) is 0 Å². The number of nitro groups is 1. The fourth-order valence-corrected chi connectivity index (χ4v) is 1.46. The molecule has 0 amide bonds. The predicted molar refractivity (Wildman–Crippen MR) is 55.4 cm³/mol. The lowest BCUT2D eigenvalue weighted by atomic mass is 10.1. The summed E-state index contributed by atoms with van der Waals surface area (Å²) in [5.41, 5.74) is 1.04. The molecule has 0 atom stereocenters. The Bertz CT molecular complexity index is 533. The summed E-state index contributed by atoms with van der Waals surface area (Å²) < 4.78 is 12.7. The van der Waals surface area contributed by atoms with Crippen molar-refractivity contribution in [2.75, 3.05) is 0 Å². The molecule has 1 heterocycles. The van der Waals surface area contributed by atoms with E-state index >= 15 is 0 Å². The summed E-state index contributed by atoms with van der Waals surface area (Å²) >= 11 is 0. The Kier molecular flexibility index (Phi) is 2.40. The largest absolute Gasteiger partial charge is 0.317 e. The highest BCUT2D eigenvalue weighted by atomic mass is 19.1. The average molecular weight is 221 g/mol. The van der Waals surface area contributed by atoms with Gasteiger partial charge in [-0.25, -0.2) is 4.39 Å². The highest BCUT2D eigenvalue weighted by Gasteiger charge is 2.22. The van der Waals surface area contributed by atoms with Gasteiger partial charge in [0.25, 0.3) is 0 Å². The van der Waals surface area contributed by atoms with Crippen LogP contribution >= 0.6 is 0 Å². The van der Waals surface area contributed by atoms with Crippen LogP contribution in [-0.2, 0) is 0 Å². The van der Waals surface area contributed by atoms with E-state index < -0.39 is 10.7 Å². The predicted octanol–water partition coefficient (Wildman–Crippen LogP) is 2.43. The Labute approximate surface area is 90.1 Å². The van der Waals surface area contributed by atoms with E-state index in [1.807, 2.05) is 0 Å². The highest BCUT2D eigenvalue weighted by molar-refractivity contribution is 5.70. The molecule has 0 aliphatic heterocycles. The molecule has 1 N–H and O–H groups in total. The molecule has 0 aliphatic rings. The Morgan fingerprint density at radius 3 is 2.56 bits per heavy atom. The molecule has 0 unspecified atom stereocenters. The van der Waals surface area contributed by atoms with Crippen molar-refractivity contribution in [1.82, 2.24) is 10.2 Å². The highest BCUT2D eigenvalue weighted by Crippen LogP contribution is 2.29. The molecule has 0 bridgehead atoms. The number of H-pyrrole nitrogens is 1. The monoisotopic (exact) mass is 221 g/mol. The normalized spacial score (nSPS) is 10.4. The van der Waals surface area contributed by atoms with Crippen LogP contribution in [0.15, 0.2) is 24.3 Å². The van der Waals surface area contributed by atoms with Gasteiger partial charge in [0.15, 0.2) is 5.69 Å². The van der Waals surface area contributed by atoms with Gasteiger partial charge in [0, 0.05) is 5.56 Å². The van der Waals surface area contributed by atoms with Crippen molar-refractivity contribution in [3.63, 3.8) is 0 Å². The molecule has 2 aromatic rings. The van der Waals surface area contributed by atoms with Gasteiger partial charge in [0.2, 0.25) is 0 Å². The quantitative estimate of drug-likeness (QED) is 0.625. The van der Waals surface area contributed by atoms with Crippen LogP contribution in [0.25, 0.3) is 11.3 Å². The lowest BCUT2D eigenvalue weighted by molar-refractivity contribution is -0.384. The fraction of sp³-hybridized carbons (Fsp3) is 0.100. The molecule has 0 fully saturated rings. The van der Waals surface area contributed by atoms with Crippen molar-refractivity contribution in [1.29, 1.82) is 0 Å². The second-order valence-corrected chi connectivity index (χ2v) is 3.31. The summed E-state index contributed by atoms with van der Waals surface area (Å²) in [7, 11) is 0. The standard InChI is InChI=1S/C10H8FN3O2/c1-6-10(14(15)16)9(13-12-6)7-2-4-8(11)5-3-7/h2-5H,1H3,(H,12,13). The minimum absolute atomic E-state index is 0.0772. The lowest BCUT2D eigenvalue weighted by Crippen LogP contribution is -1.91. The zero-order valence-electron chi connectivity index (χ0n) is 8.40. The first-order valence-electron chi connectivity index (χ1n) is 4.55. The molecular weight excluding hydrogens is 213 g/mol. The molecule has 0 spiro atoms. The minimum atomic E-state index is -0.502. The van der Waals surface area contributed by atoms with Gasteiger partial charge in [-0.05, 0) is 31.2 Å². The van der Waals surface area contributed by atoms with Crippen LogP contribution in [0.3, 0.4) is 0 Å². The zero-order valence-corrected chi connectivity index (χ0v) is 8.40. The van der Waals surface area contributed by atoms with Crippen LogP contribution in [0.4, 0.5) is 10.1 Å². The maximum absolute atomic E-state index is 12.7. The number of aromatic nitrogens is 2. The molecule has 82 valence electrons. The van der Waals surface area contributed by atoms with Crippen molar-refractivity contribution in [2.24, 2.45) is 0 Å². The van der Waals surface area contributed by atoms with E-state index in [1.165, 1.54) is 24.3 Å². The summed E-state index contributed by atoms with van der Waals surface area (Å²) in [5, 5.41) is 17.2. The number of nitrogens with one attached hydrogen (secondary N) is 1. The second-order valence-electron chi connectivity index (χ2n) is 3.31. The van der Waals surface area contributed by atoms with E-state index in [1.54, 1.807) is 6.92 Å². The number of aromatic amines is 1. The number of hydrogen-bond donors (Lipinski definition) is 1. The smallest absolute Gasteiger partial charge is 0.275 e. The summed E-state index contributed by atoms with van der Waals surface area (Å²) in [6, 6.07) is 5.39. The maximum Gasteiger partial charge on any atom is 0.317 e. The first-order valence-corrected chi connectivity index (χ1v) is 4.55. The Morgan fingerprint density at radius 1 is 1.38 bits per heavy atom. The van der Waals surface area contributed by atoms with Gasteiger partial charge in [-0.2, -0.15) is 5.10 Å². The van der Waals surface area contributed by atoms with Gasteiger partial charge >= 0.3 is 5.69 Å². The molecular formula is C10H8FN3O2. The van der Waals surface area contributed by atoms with Gasteiger partial charge < -0.3 is 0 Å². The Hall–Kier alpha value is -2.24. The molecule has 0 saturated heterocycles. The van der Waals surface area contributed by atoms with Crippen molar-refractivity contribution < 1.29 is 9.31 Å². The first-order chi connectivity index (χ1) is 7.59. The minimum Gasteiger partial charge on any atom is -0.275 e. The van der Waals surface area contributed by atoms with E-state index in [9.17, 15) is 14.5 Å². The van der Waals surface area contributed by atoms with Gasteiger partial charge in [0.1, 0.15) is 11.5 Å². The second kappa shape index (κ2) is 3.73. The lowest BCUT2D eigenvalue weighted by Gasteiger charge is -1.96. The molecule has 0 saturated carbocycles. The average Bonchev–Trinajstić information content (AvgIpc) is 2.61. The topological polar surface area (TPSA) is 71.8 Å². The van der Waals surface area contributed by atoms with Crippen LogP contribution < -0.4 is 0 Å². The Balaban J connectivity index is 2.56. The molecule has 5 nitrogen and oxygen atoms in total. The van der Waals surface area contributed by atoms with Crippen LogP contribution in [-0.4, -0.2) is 15.1 Å². The molecule has 0 aliphatic carbocycles. The number of hydrogen-bond acceptors (Lipinski definition) is 3. The van der Waals surface area contributed by atoms with Crippen LogP contribution in [0.5, 0.6) is 0 Å². The van der Waals surface area contributed by atoms with Gasteiger partial charge in [0.05, 0.1) is 4.92 Å². The number of aryl methyl sites for hydroxylation is 1. The SMILES string of the molecule is Cc1[nH]nc(-c2ccc(F)cc2)c1[N+](=O)[O-]. The molecule has 6 heteroatoms. The van der Waals surface area contributed by atoms with Crippen molar-refractivity contribution in [3.8, 4) is 11.3 Å². The molecule has 0 radical (unpaired) electrons. The number of benzene rings is 1. The molecule has 16 heavy (non-hydrogen) atoms. The van der Waals surface area contributed by atoms with Gasteiger partial charge in [-0.1, -0.05) is 0 Å². The number of nitrogens with zero attached hydrogens (tertiary/aromatic N) is 2. The summed E-state index contributed by atoms with van der Waals surface area (Å²) in [5.74, 6) is -0.390. The van der Waals surface area contributed by atoms with Crippen LogP contribution in [0, 0.1) is 22.9 Å². The number of halogens is 1. The van der Waals surface area contributed by atoms with Gasteiger partial charge in [-0.3, -0.25) is 15.2 Å². The number of rotatable bonds is 2. The summed E-state index contributed by atoms with van der Waals surface area (Å²) in [6.45, 7) is 1.57. The van der Waals surface area contributed by atoms with Crippen LogP contribution in [0.1, 0.15) is 5.69 Å².